The molecule has 1 aromatic heterocycles. The molecule has 0 amide bonds. The summed E-state index contributed by atoms with van der Waals surface area (Å²) in [4.78, 5) is 6.40. The van der Waals surface area contributed by atoms with Crippen molar-refractivity contribution < 1.29 is 5.11 Å². The molecule has 17 heavy (non-hydrogen) atoms. The lowest BCUT2D eigenvalue weighted by Gasteiger charge is -2.32. The van der Waals surface area contributed by atoms with Crippen molar-refractivity contribution in [1.29, 1.82) is 5.26 Å². The molecular weight excluding hydrogens is 214 g/mol. The molecule has 0 aliphatic carbocycles. The number of hydrogen-bond donors (Lipinski definition) is 1. The number of aryl methyl sites for hydroxylation is 2. The van der Waals surface area contributed by atoms with Crippen molar-refractivity contribution in [3.63, 3.8) is 0 Å². The summed E-state index contributed by atoms with van der Waals surface area (Å²) < 4.78 is 0. The average molecular weight is 231 g/mol. The van der Waals surface area contributed by atoms with Gasteiger partial charge < -0.3 is 10.0 Å². The molecule has 90 valence electrons. The number of aliphatic hydroxyl groups is 1. The van der Waals surface area contributed by atoms with Crippen molar-refractivity contribution in [1.82, 2.24) is 4.98 Å². The summed E-state index contributed by atoms with van der Waals surface area (Å²) in [6, 6.07) is 4.15. The van der Waals surface area contributed by atoms with Crippen LogP contribution in [0.15, 0.2) is 6.07 Å². The fourth-order valence-electron chi connectivity index (χ4n) is 2.37. The number of aromatic nitrogens is 1. The first-order chi connectivity index (χ1) is 8.11. The largest absolute Gasteiger partial charge is 0.391 e. The number of piperidine rings is 1. The maximum absolute atomic E-state index is 9.70. The van der Waals surface area contributed by atoms with Crippen LogP contribution >= 0.6 is 0 Å². The van der Waals surface area contributed by atoms with Gasteiger partial charge in [-0.3, -0.25) is 4.98 Å². The van der Waals surface area contributed by atoms with E-state index in [1.54, 1.807) is 0 Å². The van der Waals surface area contributed by atoms with Gasteiger partial charge in [0.1, 0.15) is 6.07 Å². The third kappa shape index (κ3) is 2.40. The molecule has 1 saturated heterocycles. The summed E-state index contributed by atoms with van der Waals surface area (Å²) in [5.41, 5.74) is 3.22. The van der Waals surface area contributed by atoms with Gasteiger partial charge in [-0.05, 0) is 32.8 Å². The lowest BCUT2D eigenvalue weighted by Crippen LogP contribution is -2.38. The molecule has 0 radical (unpaired) electrons. The van der Waals surface area contributed by atoms with E-state index < -0.39 is 0 Å². The van der Waals surface area contributed by atoms with Crippen LogP contribution in [-0.2, 0) is 0 Å². The summed E-state index contributed by atoms with van der Waals surface area (Å²) >= 11 is 0. The van der Waals surface area contributed by atoms with E-state index in [0.29, 0.717) is 12.1 Å². The smallest absolute Gasteiger partial charge is 0.103 e. The van der Waals surface area contributed by atoms with E-state index in [2.05, 4.69) is 16.0 Å². The van der Waals surface area contributed by atoms with Gasteiger partial charge in [0.15, 0.2) is 0 Å². The zero-order valence-electron chi connectivity index (χ0n) is 10.3. The molecule has 1 aliphatic heterocycles. The second-order valence-corrected chi connectivity index (χ2v) is 4.60. The highest BCUT2D eigenvalue weighted by Gasteiger charge is 2.21. The monoisotopic (exact) mass is 231 g/mol. The normalized spacial score (nSPS) is 20.1. The highest BCUT2D eigenvalue weighted by atomic mass is 16.3. The summed E-state index contributed by atoms with van der Waals surface area (Å²) in [6.07, 6.45) is 1.53. The molecule has 4 nitrogen and oxygen atoms in total. The van der Waals surface area contributed by atoms with Gasteiger partial charge in [0, 0.05) is 18.8 Å². The van der Waals surface area contributed by atoms with Gasteiger partial charge in [-0.25, -0.2) is 0 Å². The maximum Gasteiger partial charge on any atom is 0.103 e. The highest BCUT2D eigenvalue weighted by Crippen LogP contribution is 2.26. The van der Waals surface area contributed by atoms with Crippen LogP contribution in [0.4, 0.5) is 5.69 Å². The van der Waals surface area contributed by atoms with Gasteiger partial charge in [-0.1, -0.05) is 0 Å². The van der Waals surface area contributed by atoms with E-state index in [1.165, 1.54) is 0 Å². The first kappa shape index (κ1) is 11.9. The van der Waals surface area contributed by atoms with Crippen molar-refractivity contribution >= 4 is 5.69 Å². The summed E-state index contributed by atoms with van der Waals surface area (Å²) in [6.45, 7) is 5.29. The first-order valence-corrected chi connectivity index (χ1v) is 5.93. The van der Waals surface area contributed by atoms with Gasteiger partial charge in [0.2, 0.25) is 0 Å². The SMILES string of the molecule is Cc1cc(N2CCCC(O)C2)c(C#N)c(C)n1. The van der Waals surface area contributed by atoms with Crippen molar-refractivity contribution in [2.24, 2.45) is 0 Å². The Labute approximate surface area is 102 Å². The van der Waals surface area contributed by atoms with Crippen molar-refractivity contribution in [3.05, 3.63) is 23.0 Å². The quantitative estimate of drug-likeness (QED) is 0.796. The van der Waals surface area contributed by atoms with E-state index in [9.17, 15) is 10.4 Å². The second-order valence-electron chi connectivity index (χ2n) is 4.60. The van der Waals surface area contributed by atoms with Gasteiger partial charge >= 0.3 is 0 Å². The zero-order valence-corrected chi connectivity index (χ0v) is 10.3. The summed E-state index contributed by atoms with van der Waals surface area (Å²) in [7, 11) is 0. The molecular formula is C13H17N3O. The molecule has 2 rings (SSSR count). The molecule has 1 unspecified atom stereocenters. The highest BCUT2D eigenvalue weighted by molar-refractivity contribution is 5.61. The number of nitrogens with zero attached hydrogens (tertiary/aromatic N) is 3. The van der Waals surface area contributed by atoms with Crippen LogP contribution in [0.5, 0.6) is 0 Å². The number of anilines is 1. The van der Waals surface area contributed by atoms with E-state index in [-0.39, 0.29) is 6.10 Å². The Morgan fingerprint density at radius 1 is 1.53 bits per heavy atom. The number of rotatable bonds is 1. The van der Waals surface area contributed by atoms with Gasteiger partial charge in [-0.15, -0.1) is 0 Å². The minimum Gasteiger partial charge on any atom is -0.391 e. The summed E-state index contributed by atoms with van der Waals surface area (Å²) in [5.74, 6) is 0. The fraction of sp³-hybridized carbons (Fsp3) is 0.538. The zero-order chi connectivity index (χ0) is 12.4. The summed E-state index contributed by atoms with van der Waals surface area (Å²) in [5, 5.41) is 18.9. The number of nitriles is 1. The standard InChI is InChI=1S/C13H17N3O/c1-9-6-13(12(7-14)10(2)15-9)16-5-3-4-11(17)8-16/h6,11,17H,3-5,8H2,1-2H3. The lowest BCUT2D eigenvalue weighted by molar-refractivity contribution is 0.154. The van der Waals surface area contributed by atoms with Gasteiger partial charge in [0.05, 0.1) is 23.0 Å². The predicted molar refractivity (Wildman–Crippen MR) is 65.9 cm³/mol. The number of pyridine rings is 1. The number of hydrogen-bond acceptors (Lipinski definition) is 4. The van der Waals surface area contributed by atoms with Crippen LogP contribution in [0.3, 0.4) is 0 Å². The molecule has 0 aromatic carbocycles. The number of aliphatic hydroxyl groups excluding tert-OH is 1. The van der Waals surface area contributed by atoms with E-state index >= 15 is 0 Å². The molecule has 0 spiro atoms. The molecule has 0 saturated carbocycles. The first-order valence-electron chi connectivity index (χ1n) is 5.93. The molecule has 2 heterocycles. The van der Waals surface area contributed by atoms with Crippen LogP contribution < -0.4 is 4.90 Å². The predicted octanol–water partition coefficient (Wildman–Crippen LogP) is 1.53. The molecule has 1 aromatic rings. The van der Waals surface area contributed by atoms with Crippen molar-refractivity contribution in [3.8, 4) is 6.07 Å². The molecule has 0 bridgehead atoms. The van der Waals surface area contributed by atoms with Crippen molar-refractivity contribution in [2.45, 2.75) is 32.8 Å². The minimum atomic E-state index is -0.288. The number of β-amino-alcohol motifs (C(OH)–C–C–N with tert-alkyl or cyclic N) is 1. The van der Waals surface area contributed by atoms with Crippen LogP contribution in [0.25, 0.3) is 0 Å². The Bertz CT molecular complexity index is 464. The second kappa shape index (κ2) is 4.72. The Kier molecular flexibility index (Phi) is 3.30. The third-order valence-corrected chi connectivity index (χ3v) is 3.16. The van der Waals surface area contributed by atoms with E-state index in [1.807, 2.05) is 19.9 Å². The Hall–Kier alpha value is -1.60. The van der Waals surface area contributed by atoms with Crippen LogP contribution in [0, 0.1) is 25.2 Å². The van der Waals surface area contributed by atoms with Crippen LogP contribution in [0.1, 0.15) is 29.8 Å². The van der Waals surface area contributed by atoms with E-state index in [0.717, 1.165) is 36.5 Å². The van der Waals surface area contributed by atoms with Crippen LogP contribution in [-0.4, -0.2) is 29.3 Å². The average Bonchev–Trinajstić information content (AvgIpc) is 2.28. The Balaban J connectivity index is 2.40. The minimum absolute atomic E-state index is 0.288. The molecule has 1 N–H and O–H groups in total. The molecule has 1 aliphatic rings. The Morgan fingerprint density at radius 3 is 2.94 bits per heavy atom. The van der Waals surface area contributed by atoms with E-state index in [4.69, 9.17) is 0 Å². The molecule has 1 atom stereocenters. The Morgan fingerprint density at radius 2 is 2.29 bits per heavy atom. The van der Waals surface area contributed by atoms with Gasteiger partial charge in [-0.2, -0.15) is 5.26 Å². The van der Waals surface area contributed by atoms with Crippen molar-refractivity contribution in [2.75, 3.05) is 18.0 Å². The lowest BCUT2D eigenvalue weighted by atomic mass is 10.0. The van der Waals surface area contributed by atoms with Gasteiger partial charge in [0.25, 0.3) is 0 Å². The topological polar surface area (TPSA) is 60.1 Å². The third-order valence-electron chi connectivity index (χ3n) is 3.16. The van der Waals surface area contributed by atoms with Crippen LogP contribution in [0.2, 0.25) is 0 Å². The fourth-order valence-corrected chi connectivity index (χ4v) is 2.37. The molecule has 1 fully saturated rings. The molecule has 4 heteroatoms. The maximum atomic E-state index is 9.70.